The fourth-order valence-electron chi connectivity index (χ4n) is 9.98. The Bertz CT molecular complexity index is 4300. The topological polar surface area (TPSA) is 67.6 Å². The Morgan fingerprint density at radius 2 is 1.09 bits per heavy atom. The van der Waals surface area contributed by atoms with Gasteiger partial charge in [0.2, 0.25) is 5.28 Å². The highest BCUT2D eigenvalue weighted by atomic mass is 35.5. The van der Waals surface area contributed by atoms with Crippen LogP contribution in [0.1, 0.15) is 0 Å². The fourth-order valence-corrected chi connectivity index (χ4v) is 11.4. The zero-order valence-corrected chi connectivity index (χ0v) is 35.4. The first kappa shape index (κ1) is 35.7. The first-order chi connectivity index (χ1) is 31.6. The molecule has 298 valence electrons. The number of para-hydroxylation sites is 1. The number of furan rings is 1. The zero-order chi connectivity index (χ0) is 42.0. The number of fused-ring (bicyclic) bond motifs is 13. The Kier molecular flexibility index (Phi) is 7.55. The first-order valence-corrected chi connectivity index (χ1v) is 22.5. The fraction of sp³-hybridized carbons (Fsp3) is 0. The third kappa shape index (κ3) is 5.40. The van der Waals surface area contributed by atoms with Gasteiger partial charge in [0, 0.05) is 69.5 Å². The Morgan fingerprint density at radius 1 is 0.422 bits per heavy atom. The Labute approximate surface area is 373 Å². The molecule has 4 aromatic heterocycles. The van der Waals surface area contributed by atoms with Gasteiger partial charge in [0.15, 0.2) is 11.6 Å². The second-order valence-corrected chi connectivity index (χ2v) is 17.9. The minimum absolute atomic E-state index is 0.141. The molecule has 0 aliphatic heterocycles. The minimum atomic E-state index is 0.141. The summed E-state index contributed by atoms with van der Waals surface area (Å²) < 4.78 is 9.06. The molecule has 0 saturated carbocycles. The van der Waals surface area contributed by atoms with E-state index in [1.807, 2.05) is 41.7 Å². The quantitative estimate of drug-likeness (QED) is 0.191. The highest BCUT2D eigenvalue weighted by Gasteiger charge is 2.19. The number of aromatic amines is 1. The molecule has 0 aliphatic carbocycles. The molecule has 10 aromatic carbocycles. The second-order valence-electron chi connectivity index (χ2n) is 16.6. The molecule has 64 heavy (non-hydrogen) atoms. The molecule has 14 aromatic rings. The first-order valence-electron chi connectivity index (χ1n) is 21.3. The van der Waals surface area contributed by atoms with E-state index in [4.69, 9.17) is 21.0 Å². The van der Waals surface area contributed by atoms with Crippen LogP contribution in [0.2, 0.25) is 5.28 Å². The van der Waals surface area contributed by atoms with Crippen molar-refractivity contribution < 1.29 is 4.42 Å². The van der Waals surface area contributed by atoms with E-state index in [0.717, 1.165) is 54.9 Å². The van der Waals surface area contributed by atoms with Gasteiger partial charge in [-0.25, -0.2) is 4.98 Å². The lowest BCUT2D eigenvalue weighted by atomic mass is 9.94. The predicted molar refractivity (Wildman–Crippen MR) is 269 cm³/mol. The zero-order valence-electron chi connectivity index (χ0n) is 33.9. The van der Waals surface area contributed by atoms with Crippen LogP contribution in [-0.4, -0.2) is 19.9 Å². The predicted octanol–water partition coefficient (Wildman–Crippen LogP) is 16.6. The lowest BCUT2D eigenvalue weighted by Crippen LogP contribution is -1.97. The van der Waals surface area contributed by atoms with Crippen LogP contribution in [-0.2, 0) is 0 Å². The van der Waals surface area contributed by atoms with Gasteiger partial charge in [-0.2, -0.15) is 9.97 Å². The summed E-state index contributed by atoms with van der Waals surface area (Å²) in [6.45, 7) is 0. The van der Waals surface area contributed by atoms with Crippen molar-refractivity contribution in [2.45, 2.75) is 0 Å². The van der Waals surface area contributed by atoms with Crippen LogP contribution < -0.4 is 0 Å². The van der Waals surface area contributed by atoms with Crippen molar-refractivity contribution >= 4 is 119 Å². The summed E-state index contributed by atoms with van der Waals surface area (Å²) >= 11 is 8.39. The number of benzene rings is 10. The summed E-state index contributed by atoms with van der Waals surface area (Å²) in [4.78, 5) is 17.7. The minimum Gasteiger partial charge on any atom is -0.456 e. The molecule has 14 rings (SSSR count). The van der Waals surface area contributed by atoms with Crippen LogP contribution in [0.5, 0.6) is 0 Å². The van der Waals surface area contributed by atoms with Crippen molar-refractivity contribution in [1.82, 2.24) is 19.9 Å². The molecule has 0 atom stereocenters. The van der Waals surface area contributed by atoms with Crippen LogP contribution in [0.25, 0.3) is 141 Å². The molecule has 0 bridgehead atoms. The van der Waals surface area contributed by atoms with Crippen LogP contribution >= 0.6 is 22.9 Å². The summed E-state index contributed by atoms with van der Waals surface area (Å²) in [5.41, 5.74) is 10.4. The van der Waals surface area contributed by atoms with E-state index in [9.17, 15) is 0 Å². The van der Waals surface area contributed by atoms with Crippen molar-refractivity contribution in [3.05, 3.63) is 187 Å². The third-order valence-corrected chi connectivity index (χ3v) is 14.3. The maximum Gasteiger partial charge on any atom is 0.226 e. The number of halogens is 1. The summed E-state index contributed by atoms with van der Waals surface area (Å²) in [6.07, 6.45) is 0. The molecule has 5 nitrogen and oxygen atoms in total. The van der Waals surface area contributed by atoms with E-state index in [1.165, 1.54) is 74.7 Å². The number of nitrogens with zero attached hydrogens (tertiary/aromatic N) is 3. The number of thiophene rings is 1. The van der Waals surface area contributed by atoms with Gasteiger partial charge in [-0.1, -0.05) is 133 Å². The number of aromatic nitrogens is 4. The normalized spacial score (nSPS) is 12.1. The van der Waals surface area contributed by atoms with Crippen LogP contribution in [0.3, 0.4) is 0 Å². The molecule has 0 radical (unpaired) electrons. The summed E-state index contributed by atoms with van der Waals surface area (Å²) in [5, 5.41) is 14.5. The monoisotopic (exact) mass is 854 g/mol. The Morgan fingerprint density at radius 3 is 1.94 bits per heavy atom. The number of hydrogen-bond acceptors (Lipinski definition) is 5. The second kappa shape index (κ2) is 13.5. The van der Waals surface area contributed by atoms with E-state index >= 15 is 0 Å². The molecule has 1 N–H and O–H groups in total. The molecule has 0 saturated heterocycles. The molecule has 0 aliphatic rings. The van der Waals surface area contributed by atoms with Gasteiger partial charge in [-0.3, -0.25) is 0 Å². The highest BCUT2D eigenvalue weighted by Crippen LogP contribution is 2.46. The van der Waals surface area contributed by atoms with Gasteiger partial charge in [-0.15, -0.1) is 11.3 Å². The van der Waals surface area contributed by atoms with E-state index in [-0.39, 0.29) is 5.28 Å². The lowest BCUT2D eigenvalue weighted by Gasteiger charge is -2.09. The Balaban J connectivity index is 0.861. The number of hydrogen-bond donors (Lipinski definition) is 1. The SMILES string of the molecule is Clc1nc(-c2ccc3ccccc3c2)nc(-c2ccc3c(c2)oc2ccc(-c4cccc5c4ccc4sc6c(-c7cccc8c7[nH]c7cc9ccccc9cc78)cccc6c45)cc23)n1. The number of nitrogens with one attached hydrogen (secondary N) is 1. The highest BCUT2D eigenvalue weighted by molar-refractivity contribution is 7.26. The molecule has 0 fully saturated rings. The van der Waals surface area contributed by atoms with Gasteiger partial charge in [0.25, 0.3) is 0 Å². The van der Waals surface area contributed by atoms with Crippen molar-refractivity contribution in [3.8, 4) is 45.0 Å². The maximum atomic E-state index is 6.51. The average molecular weight is 855 g/mol. The van der Waals surface area contributed by atoms with E-state index < -0.39 is 0 Å². The lowest BCUT2D eigenvalue weighted by molar-refractivity contribution is 0.669. The molecule has 0 unspecified atom stereocenters. The van der Waals surface area contributed by atoms with Crippen molar-refractivity contribution in [2.24, 2.45) is 0 Å². The molecule has 7 heteroatoms. The van der Waals surface area contributed by atoms with Crippen molar-refractivity contribution in [1.29, 1.82) is 0 Å². The summed E-state index contributed by atoms with van der Waals surface area (Å²) in [6, 6.07) is 65.0. The number of rotatable bonds is 4. The molecular formula is C57H31ClN4OS. The van der Waals surface area contributed by atoms with Gasteiger partial charge < -0.3 is 9.40 Å². The standard InChI is InChI=1S/C57H31ClN4OS/c58-57-61-55(36-19-18-31-8-1-2-9-32(31)26-36)60-56(62-57)37-20-22-40-47-28-35(21-24-49(47)63-50(40)30-37)38-12-5-13-41-39(38)23-25-51-52(41)45-17-7-16-44(54(45)64-51)42-14-6-15-43-46-27-33-10-3-4-11-34(33)29-48(46)59-53(42)43/h1-30,59H. The van der Waals surface area contributed by atoms with Gasteiger partial charge >= 0.3 is 0 Å². The molecular weight excluding hydrogens is 824 g/mol. The van der Waals surface area contributed by atoms with Gasteiger partial charge in [0.05, 0.1) is 5.52 Å². The van der Waals surface area contributed by atoms with Crippen LogP contribution in [0.15, 0.2) is 186 Å². The van der Waals surface area contributed by atoms with E-state index in [1.54, 1.807) is 0 Å². The van der Waals surface area contributed by atoms with Gasteiger partial charge in [0.1, 0.15) is 11.2 Å². The van der Waals surface area contributed by atoms with E-state index in [0.29, 0.717) is 11.6 Å². The van der Waals surface area contributed by atoms with Crippen LogP contribution in [0.4, 0.5) is 0 Å². The molecule has 0 amide bonds. The van der Waals surface area contributed by atoms with E-state index in [2.05, 4.69) is 167 Å². The van der Waals surface area contributed by atoms with Gasteiger partial charge in [-0.05, 0) is 104 Å². The molecule has 4 heterocycles. The largest absolute Gasteiger partial charge is 0.456 e. The maximum absolute atomic E-state index is 6.51. The average Bonchev–Trinajstić information content (AvgIpc) is 4.03. The van der Waals surface area contributed by atoms with Crippen molar-refractivity contribution in [3.63, 3.8) is 0 Å². The summed E-state index contributed by atoms with van der Waals surface area (Å²) in [5.74, 6) is 1.01. The third-order valence-electron chi connectivity index (χ3n) is 13.0. The Hall–Kier alpha value is -7.90. The van der Waals surface area contributed by atoms with Crippen LogP contribution in [0, 0.1) is 0 Å². The smallest absolute Gasteiger partial charge is 0.226 e. The molecule has 0 spiro atoms. The van der Waals surface area contributed by atoms with Crippen molar-refractivity contribution in [2.75, 3.05) is 0 Å². The summed E-state index contributed by atoms with van der Waals surface area (Å²) in [7, 11) is 0. The number of H-pyrrole nitrogens is 1.